The van der Waals surface area contributed by atoms with Gasteiger partial charge in [-0.2, -0.15) is 0 Å². The van der Waals surface area contributed by atoms with Gasteiger partial charge in [-0.05, 0) is 37.5 Å². The number of nitrogens with two attached hydrogens (primary N) is 1. The molecule has 6 heteroatoms. The SMILES string of the molecule is Cc1ccc(C(=O)N2CCC(NC(N)=O)CC2)cc1Cl. The smallest absolute Gasteiger partial charge is 0.312 e. The molecule has 0 spiro atoms. The molecule has 0 bridgehead atoms. The van der Waals surface area contributed by atoms with E-state index in [0.717, 1.165) is 5.56 Å². The van der Waals surface area contributed by atoms with E-state index in [1.54, 1.807) is 17.0 Å². The van der Waals surface area contributed by atoms with Crippen molar-refractivity contribution < 1.29 is 9.59 Å². The lowest BCUT2D eigenvalue weighted by Gasteiger charge is -2.32. The molecule has 0 radical (unpaired) electrons. The summed E-state index contributed by atoms with van der Waals surface area (Å²) in [6.45, 7) is 3.11. The van der Waals surface area contributed by atoms with Crippen molar-refractivity contribution in [1.29, 1.82) is 0 Å². The summed E-state index contributed by atoms with van der Waals surface area (Å²) in [5, 5.41) is 3.28. The molecule has 2 rings (SSSR count). The van der Waals surface area contributed by atoms with E-state index >= 15 is 0 Å². The summed E-state index contributed by atoms with van der Waals surface area (Å²) in [7, 11) is 0. The number of benzene rings is 1. The molecule has 0 saturated carbocycles. The highest BCUT2D eigenvalue weighted by Crippen LogP contribution is 2.19. The number of amides is 3. The molecule has 1 aliphatic heterocycles. The first kappa shape index (κ1) is 14.7. The van der Waals surface area contributed by atoms with Crippen LogP contribution in [0.25, 0.3) is 0 Å². The molecule has 1 saturated heterocycles. The number of nitrogens with zero attached hydrogens (tertiary/aromatic N) is 1. The number of hydrogen-bond acceptors (Lipinski definition) is 2. The Bertz CT molecular complexity index is 525. The van der Waals surface area contributed by atoms with E-state index < -0.39 is 6.03 Å². The Morgan fingerprint density at radius 1 is 1.35 bits per heavy atom. The van der Waals surface area contributed by atoms with Gasteiger partial charge in [-0.15, -0.1) is 0 Å². The topological polar surface area (TPSA) is 75.4 Å². The first-order chi connectivity index (χ1) is 9.47. The van der Waals surface area contributed by atoms with Gasteiger partial charge in [0, 0.05) is 29.7 Å². The average molecular weight is 296 g/mol. The molecule has 3 N–H and O–H groups in total. The summed E-state index contributed by atoms with van der Waals surface area (Å²) in [6, 6.07) is 4.87. The van der Waals surface area contributed by atoms with Gasteiger partial charge in [0.25, 0.3) is 5.91 Å². The van der Waals surface area contributed by atoms with E-state index in [4.69, 9.17) is 17.3 Å². The van der Waals surface area contributed by atoms with Crippen LogP contribution in [0, 0.1) is 6.92 Å². The minimum absolute atomic E-state index is 0.0237. The van der Waals surface area contributed by atoms with Crippen molar-refractivity contribution in [2.75, 3.05) is 13.1 Å². The number of nitrogens with one attached hydrogen (secondary N) is 1. The van der Waals surface area contributed by atoms with Crippen LogP contribution in [0.15, 0.2) is 18.2 Å². The van der Waals surface area contributed by atoms with E-state index in [1.807, 2.05) is 13.0 Å². The highest BCUT2D eigenvalue weighted by atomic mass is 35.5. The van der Waals surface area contributed by atoms with Crippen molar-refractivity contribution in [2.45, 2.75) is 25.8 Å². The predicted octanol–water partition coefficient (Wildman–Crippen LogP) is 1.92. The average Bonchev–Trinajstić information content (AvgIpc) is 2.41. The number of hydrogen-bond donors (Lipinski definition) is 2. The van der Waals surface area contributed by atoms with Crippen molar-refractivity contribution >= 4 is 23.5 Å². The molecule has 1 fully saturated rings. The molecule has 0 aromatic heterocycles. The van der Waals surface area contributed by atoms with E-state index in [9.17, 15) is 9.59 Å². The van der Waals surface area contributed by atoms with Gasteiger partial charge in [0.15, 0.2) is 0 Å². The third-order valence-electron chi connectivity index (χ3n) is 3.55. The molecule has 0 unspecified atom stereocenters. The molecular formula is C14H18ClN3O2. The number of likely N-dealkylation sites (tertiary alicyclic amines) is 1. The van der Waals surface area contributed by atoms with Crippen LogP contribution in [0.2, 0.25) is 5.02 Å². The standard InChI is InChI=1S/C14H18ClN3O2/c1-9-2-3-10(8-12(9)15)13(19)18-6-4-11(5-7-18)17-14(16)20/h2-3,8,11H,4-7H2,1H3,(H3,16,17,20). The quantitative estimate of drug-likeness (QED) is 0.874. The van der Waals surface area contributed by atoms with E-state index in [2.05, 4.69) is 5.32 Å². The molecule has 1 aromatic carbocycles. The van der Waals surface area contributed by atoms with E-state index in [1.165, 1.54) is 0 Å². The van der Waals surface area contributed by atoms with Crippen LogP contribution >= 0.6 is 11.6 Å². The van der Waals surface area contributed by atoms with Crippen LogP contribution in [0.3, 0.4) is 0 Å². The Morgan fingerprint density at radius 3 is 2.55 bits per heavy atom. The fourth-order valence-electron chi connectivity index (χ4n) is 2.34. The molecule has 1 heterocycles. The highest BCUT2D eigenvalue weighted by molar-refractivity contribution is 6.31. The molecule has 1 aliphatic rings. The summed E-state index contributed by atoms with van der Waals surface area (Å²) >= 11 is 6.05. The van der Waals surface area contributed by atoms with Crippen molar-refractivity contribution in [1.82, 2.24) is 10.2 Å². The van der Waals surface area contributed by atoms with Crippen molar-refractivity contribution in [2.24, 2.45) is 5.73 Å². The van der Waals surface area contributed by atoms with Crippen molar-refractivity contribution in [3.63, 3.8) is 0 Å². The number of carbonyl (C=O) groups excluding carboxylic acids is 2. The molecule has 1 aromatic rings. The molecular weight excluding hydrogens is 278 g/mol. The van der Waals surface area contributed by atoms with E-state index in [-0.39, 0.29) is 11.9 Å². The van der Waals surface area contributed by atoms with Crippen LogP contribution in [-0.2, 0) is 0 Å². The maximum atomic E-state index is 12.3. The van der Waals surface area contributed by atoms with E-state index in [0.29, 0.717) is 36.5 Å². The summed E-state index contributed by atoms with van der Waals surface area (Å²) in [4.78, 5) is 24.9. The summed E-state index contributed by atoms with van der Waals surface area (Å²) in [5.41, 5.74) is 6.64. The van der Waals surface area contributed by atoms with Gasteiger partial charge >= 0.3 is 6.03 Å². The fourth-order valence-corrected chi connectivity index (χ4v) is 2.52. The maximum Gasteiger partial charge on any atom is 0.312 e. The van der Waals surface area contributed by atoms with Gasteiger partial charge in [-0.1, -0.05) is 17.7 Å². The van der Waals surface area contributed by atoms with Crippen LogP contribution in [0.1, 0.15) is 28.8 Å². The van der Waals surface area contributed by atoms with Gasteiger partial charge in [0.2, 0.25) is 0 Å². The highest BCUT2D eigenvalue weighted by Gasteiger charge is 2.24. The third kappa shape index (κ3) is 3.42. The maximum absolute atomic E-state index is 12.3. The van der Waals surface area contributed by atoms with Crippen molar-refractivity contribution in [3.05, 3.63) is 34.3 Å². The molecule has 0 atom stereocenters. The largest absolute Gasteiger partial charge is 0.352 e. The summed E-state index contributed by atoms with van der Waals surface area (Å²) in [6.07, 6.45) is 1.43. The number of aryl methyl sites for hydroxylation is 1. The summed E-state index contributed by atoms with van der Waals surface area (Å²) in [5.74, 6) is -0.0237. The first-order valence-electron chi connectivity index (χ1n) is 6.59. The Hall–Kier alpha value is -1.75. The number of piperidine rings is 1. The molecule has 20 heavy (non-hydrogen) atoms. The second-order valence-electron chi connectivity index (χ2n) is 5.04. The first-order valence-corrected chi connectivity index (χ1v) is 6.96. The van der Waals surface area contributed by atoms with Crippen LogP contribution in [-0.4, -0.2) is 36.0 Å². The van der Waals surface area contributed by atoms with Gasteiger partial charge in [0.1, 0.15) is 0 Å². The van der Waals surface area contributed by atoms with Gasteiger partial charge in [0.05, 0.1) is 0 Å². The number of carbonyl (C=O) groups is 2. The lowest BCUT2D eigenvalue weighted by molar-refractivity contribution is 0.0708. The minimum Gasteiger partial charge on any atom is -0.352 e. The van der Waals surface area contributed by atoms with Crippen LogP contribution in [0.4, 0.5) is 4.79 Å². The molecule has 3 amide bonds. The zero-order valence-electron chi connectivity index (χ0n) is 11.4. The Morgan fingerprint density at radius 2 is 2.00 bits per heavy atom. The van der Waals surface area contributed by atoms with Gasteiger partial charge in [-0.3, -0.25) is 4.79 Å². The van der Waals surface area contributed by atoms with Crippen LogP contribution < -0.4 is 11.1 Å². The molecule has 5 nitrogen and oxygen atoms in total. The number of urea groups is 1. The van der Waals surface area contributed by atoms with Crippen LogP contribution in [0.5, 0.6) is 0 Å². The number of rotatable bonds is 2. The monoisotopic (exact) mass is 295 g/mol. The predicted molar refractivity (Wildman–Crippen MR) is 77.8 cm³/mol. The van der Waals surface area contributed by atoms with Gasteiger partial charge < -0.3 is 16.0 Å². The molecule has 0 aliphatic carbocycles. The Balaban J connectivity index is 1.97. The fraction of sp³-hybridized carbons (Fsp3) is 0.429. The molecule has 108 valence electrons. The van der Waals surface area contributed by atoms with Gasteiger partial charge in [-0.25, -0.2) is 4.79 Å². The summed E-state index contributed by atoms with van der Waals surface area (Å²) < 4.78 is 0. The normalized spacial score (nSPS) is 16.0. The zero-order chi connectivity index (χ0) is 14.7. The second kappa shape index (κ2) is 6.13. The van der Waals surface area contributed by atoms with Crippen molar-refractivity contribution in [3.8, 4) is 0 Å². The lowest BCUT2D eigenvalue weighted by atomic mass is 10.0. The lowest BCUT2D eigenvalue weighted by Crippen LogP contribution is -2.47. The second-order valence-corrected chi connectivity index (χ2v) is 5.45. The zero-order valence-corrected chi connectivity index (χ0v) is 12.1. The Labute approximate surface area is 123 Å². The number of primary amides is 1. The minimum atomic E-state index is -0.514. The Kier molecular flexibility index (Phi) is 4.49. The number of halogens is 1. The third-order valence-corrected chi connectivity index (χ3v) is 3.95.